The summed E-state index contributed by atoms with van der Waals surface area (Å²) in [5, 5.41) is 56.3. The standard InChI is InChI=1S/C20H28O8/c21-12-11-15(23)10-8-6-4-2-1-3-5-7-9-13-27-20-19(26)18(25)17(24)16(14-22)28-20/h4,6-7,9,15-26H,8,10-14H2. The lowest BCUT2D eigenvalue weighted by Crippen LogP contribution is -2.59. The summed E-state index contributed by atoms with van der Waals surface area (Å²) in [7, 11) is 0. The number of hydrogen-bond donors (Lipinski definition) is 6. The van der Waals surface area contributed by atoms with E-state index in [9.17, 15) is 20.4 Å². The van der Waals surface area contributed by atoms with Crippen molar-refractivity contribution in [2.24, 2.45) is 0 Å². The largest absolute Gasteiger partial charge is 0.396 e. The molecular weight excluding hydrogens is 368 g/mol. The Morgan fingerprint density at radius 2 is 1.61 bits per heavy atom. The Balaban J connectivity index is 2.27. The van der Waals surface area contributed by atoms with Crippen LogP contribution in [0.2, 0.25) is 0 Å². The predicted molar refractivity (Wildman–Crippen MR) is 100 cm³/mol. The van der Waals surface area contributed by atoms with E-state index in [1.807, 2.05) is 6.08 Å². The van der Waals surface area contributed by atoms with Crippen LogP contribution in [0, 0.1) is 23.7 Å². The Bertz CT molecular complexity index is 607. The summed E-state index contributed by atoms with van der Waals surface area (Å²) < 4.78 is 10.5. The minimum absolute atomic E-state index is 0.0264. The van der Waals surface area contributed by atoms with Gasteiger partial charge in [0.15, 0.2) is 6.29 Å². The third-order valence-electron chi connectivity index (χ3n) is 3.94. The summed E-state index contributed by atoms with van der Waals surface area (Å²) >= 11 is 0. The molecule has 28 heavy (non-hydrogen) atoms. The zero-order chi connectivity index (χ0) is 20.8. The fourth-order valence-corrected chi connectivity index (χ4v) is 2.34. The van der Waals surface area contributed by atoms with Crippen LogP contribution < -0.4 is 0 Å². The number of hydrogen-bond acceptors (Lipinski definition) is 8. The van der Waals surface area contributed by atoms with E-state index in [0.29, 0.717) is 19.3 Å². The van der Waals surface area contributed by atoms with Crippen LogP contribution >= 0.6 is 0 Å². The molecule has 0 radical (unpaired) electrons. The summed E-state index contributed by atoms with van der Waals surface area (Å²) in [6.07, 6.45) is 1.14. The second-order valence-electron chi connectivity index (χ2n) is 6.12. The third kappa shape index (κ3) is 8.98. The van der Waals surface area contributed by atoms with Gasteiger partial charge < -0.3 is 40.1 Å². The molecule has 0 saturated carbocycles. The zero-order valence-corrected chi connectivity index (χ0v) is 15.5. The van der Waals surface area contributed by atoms with Crippen molar-refractivity contribution in [3.63, 3.8) is 0 Å². The molecule has 0 spiro atoms. The van der Waals surface area contributed by atoms with E-state index in [-0.39, 0.29) is 13.2 Å². The van der Waals surface area contributed by atoms with Gasteiger partial charge in [0, 0.05) is 6.61 Å². The number of ether oxygens (including phenoxy) is 2. The lowest BCUT2D eigenvalue weighted by molar-refractivity contribution is -0.298. The highest BCUT2D eigenvalue weighted by atomic mass is 16.7. The van der Waals surface area contributed by atoms with Crippen molar-refractivity contribution >= 4 is 0 Å². The van der Waals surface area contributed by atoms with Gasteiger partial charge >= 0.3 is 0 Å². The number of rotatable bonds is 9. The van der Waals surface area contributed by atoms with Gasteiger partial charge in [-0.1, -0.05) is 24.0 Å². The summed E-state index contributed by atoms with van der Waals surface area (Å²) in [6.45, 7) is -0.495. The van der Waals surface area contributed by atoms with E-state index in [4.69, 9.17) is 19.7 Å². The SMILES string of the molecule is OCCC(O)CCC=CC#CC#CC=CCOC1OC(CO)C(O)C(O)C1O. The molecule has 6 atom stereocenters. The smallest absolute Gasteiger partial charge is 0.187 e. The van der Waals surface area contributed by atoms with Gasteiger partial charge in [-0.2, -0.15) is 0 Å². The molecule has 0 aliphatic carbocycles. The first-order valence-electron chi connectivity index (χ1n) is 9.03. The van der Waals surface area contributed by atoms with Crippen molar-refractivity contribution in [1.29, 1.82) is 0 Å². The van der Waals surface area contributed by atoms with Crippen LogP contribution in [0.25, 0.3) is 0 Å². The summed E-state index contributed by atoms with van der Waals surface area (Å²) in [6, 6.07) is 0. The van der Waals surface area contributed by atoms with Crippen molar-refractivity contribution in [1.82, 2.24) is 0 Å². The van der Waals surface area contributed by atoms with E-state index in [1.54, 1.807) is 12.2 Å². The van der Waals surface area contributed by atoms with Gasteiger partial charge in [0.2, 0.25) is 0 Å². The minimum Gasteiger partial charge on any atom is -0.396 e. The van der Waals surface area contributed by atoms with Gasteiger partial charge in [0.25, 0.3) is 0 Å². The first kappa shape index (κ1) is 24.3. The van der Waals surface area contributed by atoms with E-state index in [2.05, 4.69) is 23.7 Å². The molecule has 1 aliphatic rings. The van der Waals surface area contributed by atoms with Crippen LogP contribution in [0.5, 0.6) is 0 Å². The van der Waals surface area contributed by atoms with Crippen LogP contribution in [0.4, 0.5) is 0 Å². The molecule has 6 N–H and O–H groups in total. The molecule has 1 saturated heterocycles. The topological polar surface area (TPSA) is 140 Å². The second-order valence-corrected chi connectivity index (χ2v) is 6.12. The molecule has 0 aromatic heterocycles. The van der Waals surface area contributed by atoms with Gasteiger partial charge in [0.05, 0.1) is 19.3 Å². The maximum atomic E-state index is 9.80. The van der Waals surface area contributed by atoms with Crippen molar-refractivity contribution < 1.29 is 40.1 Å². The molecule has 1 rings (SSSR count). The first-order valence-corrected chi connectivity index (χ1v) is 9.03. The highest BCUT2D eigenvalue weighted by molar-refractivity contribution is 5.33. The third-order valence-corrected chi connectivity index (χ3v) is 3.94. The van der Waals surface area contributed by atoms with E-state index in [1.165, 1.54) is 6.08 Å². The lowest BCUT2D eigenvalue weighted by atomic mass is 9.99. The molecule has 1 fully saturated rings. The molecular formula is C20H28O8. The summed E-state index contributed by atoms with van der Waals surface area (Å²) in [5.41, 5.74) is 0. The molecule has 8 heteroatoms. The molecule has 6 unspecified atom stereocenters. The lowest BCUT2D eigenvalue weighted by Gasteiger charge is -2.39. The molecule has 0 aromatic carbocycles. The Kier molecular flexibility index (Phi) is 12.4. The minimum atomic E-state index is -1.47. The van der Waals surface area contributed by atoms with Crippen LogP contribution in [0.3, 0.4) is 0 Å². The van der Waals surface area contributed by atoms with Gasteiger partial charge in [-0.3, -0.25) is 0 Å². The Hall–Kier alpha value is -1.72. The molecule has 0 aromatic rings. The molecule has 156 valence electrons. The second kappa shape index (κ2) is 14.3. The van der Waals surface area contributed by atoms with Crippen LogP contribution in [-0.2, 0) is 9.47 Å². The van der Waals surface area contributed by atoms with E-state index < -0.39 is 43.4 Å². The molecule has 0 amide bonds. The number of aliphatic hydroxyl groups is 6. The predicted octanol–water partition coefficient (Wildman–Crippen LogP) is -1.55. The average Bonchev–Trinajstić information content (AvgIpc) is 2.68. The van der Waals surface area contributed by atoms with Gasteiger partial charge in [-0.15, -0.1) is 0 Å². The normalized spacial score (nSPS) is 28.6. The van der Waals surface area contributed by atoms with Crippen LogP contribution in [0.1, 0.15) is 19.3 Å². The molecule has 0 bridgehead atoms. The number of allylic oxidation sites excluding steroid dienone is 3. The highest BCUT2D eigenvalue weighted by Gasteiger charge is 2.43. The maximum Gasteiger partial charge on any atom is 0.187 e. The van der Waals surface area contributed by atoms with Crippen molar-refractivity contribution in [2.45, 2.75) is 56.1 Å². The van der Waals surface area contributed by atoms with Crippen molar-refractivity contribution in [3.05, 3.63) is 24.3 Å². The van der Waals surface area contributed by atoms with Gasteiger partial charge in [0.1, 0.15) is 24.4 Å². The summed E-state index contributed by atoms with van der Waals surface area (Å²) in [5.74, 6) is 10.6. The fraction of sp³-hybridized carbons (Fsp3) is 0.600. The van der Waals surface area contributed by atoms with Crippen molar-refractivity contribution in [2.75, 3.05) is 19.8 Å². The first-order chi connectivity index (χ1) is 13.5. The molecule has 1 aliphatic heterocycles. The van der Waals surface area contributed by atoms with E-state index >= 15 is 0 Å². The average molecular weight is 396 g/mol. The Labute approximate surface area is 164 Å². The summed E-state index contributed by atoms with van der Waals surface area (Å²) in [4.78, 5) is 0. The molecule has 8 nitrogen and oxygen atoms in total. The van der Waals surface area contributed by atoms with E-state index in [0.717, 1.165) is 0 Å². The monoisotopic (exact) mass is 396 g/mol. The highest BCUT2D eigenvalue weighted by Crippen LogP contribution is 2.21. The maximum absolute atomic E-state index is 9.80. The van der Waals surface area contributed by atoms with Gasteiger partial charge in [-0.05, 0) is 43.3 Å². The van der Waals surface area contributed by atoms with Crippen LogP contribution in [-0.4, -0.2) is 87.3 Å². The Morgan fingerprint density at radius 1 is 0.929 bits per heavy atom. The fourth-order valence-electron chi connectivity index (χ4n) is 2.34. The Morgan fingerprint density at radius 3 is 2.25 bits per heavy atom. The number of aliphatic hydroxyl groups excluding tert-OH is 6. The quantitative estimate of drug-likeness (QED) is 0.257. The van der Waals surface area contributed by atoms with Crippen molar-refractivity contribution in [3.8, 4) is 23.7 Å². The zero-order valence-electron chi connectivity index (χ0n) is 15.5. The van der Waals surface area contributed by atoms with Crippen LogP contribution in [0.15, 0.2) is 24.3 Å². The molecule has 1 heterocycles. The van der Waals surface area contributed by atoms with Gasteiger partial charge in [-0.25, -0.2) is 0 Å².